The number of carbonyl (C=O) groups excluding carboxylic acids is 3. The number of hydrogen-bond donors (Lipinski definition) is 8. The van der Waals surface area contributed by atoms with E-state index in [2.05, 4.69) is 23.3 Å². The van der Waals surface area contributed by atoms with Gasteiger partial charge in [0.1, 0.15) is 18.1 Å². The van der Waals surface area contributed by atoms with Gasteiger partial charge in [0.25, 0.3) is 0 Å². The van der Waals surface area contributed by atoms with Crippen molar-refractivity contribution < 1.29 is 39.3 Å². The average Bonchev–Trinajstić information content (AvgIpc) is 2.54. The molecule has 0 aliphatic carbocycles. The van der Waals surface area contributed by atoms with Crippen LogP contribution in [-0.4, -0.2) is 81.5 Å². The molecule has 0 spiro atoms. The van der Waals surface area contributed by atoms with Crippen LogP contribution in [0.15, 0.2) is 0 Å². The van der Waals surface area contributed by atoms with Crippen molar-refractivity contribution in [2.75, 3.05) is 12.3 Å². The quantitative estimate of drug-likeness (QED) is 0.162. The SMILES string of the molecule is CC(O)C(NC(=O)CN)C(=O)NC(CC(=O)O)C(=O)NC(CS)C(=O)O. The molecule has 148 valence electrons. The Balaban J connectivity index is 5.25. The summed E-state index contributed by atoms with van der Waals surface area (Å²) >= 11 is 3.75. The van der Waals surface area contributed by atoms with Gasteiger partial charge >= 0.3 is 11.9 Å². The number of amides is 3. The Morgan fingerprint density at radius 2 is 1.54 bits per heavy atom. The third-order valence-electron chi connectivity index (χ3n) is 3.08. The fourth-order valence-electron chi connectivity index (χ4n) is 1.74. The molecule has 4 unspecified atom stereocenters. The van der Waals surface area contributed by atoms with E-state index in [-0.39, 0.29) is 5.75 Å². The van der Waals surface area contributed by atoms with Gasteiger partial charge in [0, 0.05) is 5.75 Å². The second-order valence-electron chi connectivity index (χ2n) is 5.23. The van der Waals surface area contributed by atoms with Gasteiger partial charge in [-0.15, -0.1) is 0 Å². The Morgan fingerprint density at radius 3 is 1.92 bits per heavy atom. The maximum atomic E-state index is 12.2. The first-order valence-electron chi connectivity index (χ1n) is 7.37. The Hall–Kier alpha value is -2.38. The van der Waals surface area contributed by atoms with Gasteiger partial charge in [0.15, 0.2) is 0 Å². The summed E-state index contributed by atoms with van der Waals surface area (Å²) in [4.78, 5) is 57.4. The average molecular weight is 394 g/mol. The lowest BCUT2D eigenvalue weighted by Crippen LogP contribution is -2.59. The minimum atomic E-state index is -1.64. The van der Waals surface area contributed by atoms with Crippen molar-refractivity contribution in [3.8, 4) is 0 Å². The summed E-state index contributed by atoms with van der Waals surface area (Å²) in [6, 6.07) is -4.53. The van der Waals surface area contributed by atoms with Crippen molar-refractivity contribution in [1.82, 2.24) is 16.0 Å². The molecule has 0 aromatic rings. The normalized spacial score (nSPS) is 15.1. The zero-order valence-electron chi connectivity index (χ0n) is 13.8. The summed E-state index contributed by atoms with van der Waals surface area (Å²) in [5.41, 5.74) is 5.10. The first-order valence-corrected chi connectivity index (χ1v) is 8.00. The molecule has 3 amide bonds. The van der Waals surface area contributed by atoms with Crippen molar-refractivity contribution in [3.05, 3.63) is 0 Å². The van der Waals surface area contributed by atoms with Crippen LogP contribution < -0.4 is 21.7 Å². The standard InChI is InChI=1S/C13H22N4O8S/c1-5(18)10(17-8(19)3-14)12(23)15-6(2-9(20)21)11(22)16-7(4-26)13(24)25/h5-7,10,18,26H,2-4,14H2,1H3,(H,15,23)(H,16,22)(H,17,19)(H,20,21)(H,24,25). The third-order valence-corrected chi connectivity index (χ3v) is 3.44. The number of carboxylic acids is 2. The topological polar surface area (TPSA) is 208 Å². The molecule has 12 nitrogen and oxygen atoms in total. The number of carbonyl (C=O) groups is 5. The van der Waals surface area contributed by atoms with Gasteiger partial charge < -0.3 is 37.0 Å². The second-order valence-corrected chi connectivity index (χ2v) is 5.60. The molecule has 0 bridgehead atoms. The monoisotopic (exact) mass is 394 g/mol. The zero-order chi connectivity index (χ0) is 20.4. The first-order chi connectivity index (χ1) is 12.0. The molecule has 0 aliphatic heterocycles. The van der Waals surface area contributed by atoms with Gasteiger partial charge in [-0.05, 0) is 6.92 Å². The Morgan fingerprint density at radius 1 is 1.00 bits per heavy atom. The van der Waals surface area contributed by atoms with Crippen LogP contribution in [0.3, 0.4) is 0 Å². The number of hydrogen-bond acceptors (Lipinski definition) is 8. The lowest BCUT2D eigenvalue weighted by atomic mass is 10.1. The largest absolute Gasteiger partial charge is 0.481 e. The van der Waals surface area contributed by atoms with Crippen molar-refractivity contribution in [3.63, 3.8) is 0 Å². The van der Waals surface area contributed by atoms with Gasteiger partial charge in [0.05, 0.1) is 19.1 Å². The molecule has 0 heterocycles. The second kappa shape index (κ2) is 11.3. The molecular formula is C13H22N4O8S. The molecule has 0 aromatic heterocycles. The van der Waals surface area contributed by atoms with E-state index in [0.717, 1.165) is 0 Å². The van der Waals surface area contributed by atoms with E-state index in [9.17, 15) is 29.1 Å². The molecule has 4 atom stereocenters. The maximum absolute atomic E-state index is 12.2. The Labute approximate surface area is 153 Å². The van der Waals surface area contributed by atoms with Crippen LogP contribution in [0.1, 0.15) is 13.3 Å². The van der Waals surface area contributed by atoms with Crippen LogP contribution in [0.4, 0.5) is 0 Å². The van der Waals surface area contributed by atoms with Crippen LogP contribution >= 0.6 is 12.6 Å². The highest BCUT2D eigenvalue weighted by atomic mass is 32.1. The van der Waals surface area contributed by atoms with Gasteiger partial charge in [-0.25, -0.2) is 4.79 Å². The van der Waals surface area contributed by atoms with E-state index in [4.69, 9.17) is 15.9 Å². The molecular weight excluding hydrogens is 372 g/mol. The fourth-order valence-corrected chi connectivity index (χ4v) is 1.99. The lowest BCUT2D eigenvalue weighted by molar-refractivity contribution is -0.143. The van der Waals surface area contributed by atoms with E-state index < -0.39 is 66.9 Å². The van der Waals surface area contributed by atoms with Crippen LogP contribution in [0.2, 0.25) is 0 Å². The van der Waals surface area contributed by atoms with Crippen molar-refractivity contribution in [1.29, 1.82) is 0 Å². The molecule has 13 heteroatoms. The highest BCUT2D eigenvalue weighted by Gasteiger charge is 2.32. The Kier molecular flexibility index (Phi) is 10.2. The minimum Gasteiger partial charge on any atom is -0.481 e. The van der Waals surface area contributed by atoms with Gasteiger partial charge in [-0.2, -0.15) is 12.6 Å². The molecule has 0 radical (unpaired) electrons. The number of rotatable bonds is 11. The van der Waals surface area contributed by atoms with E-state index in [1.54, 1.807) is 0 Å². The molecule has 26 heavy (non-hydrogen) atoms. The highest BCUT2D eigenvalue weighted by Crippen LogP contribution is 2.00. The van der Waals surface area contributed by atoms with Crippen LogP contribution in [-0.2, 0) is 24.0 Å². The summed E-state index contributed by atoms with van der Waals surface area (Å²) < 4.78 is 0. The summed E-state index contributed by atoms with van der Waals surface area (Å²) in [6.45, 7) is 0.729. The van der Waals surface area contributed by atoms with E-state index in [1.807, 2.05) is 5.32 Å². The summed E-state index contributed by atoms with van der Waals surface area (Å²) in [7, 11) is 0. The van der Waals surface area contributed by atoms with Crippen molar-refractivity contribution in [2.45, 2.75) is 37.6 Å². The van der Waals surface area contributed by atoms with Gasteiger partial charge in [-0.3, -0.25) is 19.2 Å². The van der Waals surface area contributed by atoms with Crippen molar-refractivity contribution >= 4 is 42.3 Å². The van der Waals surface area contributed by atoms with Gasteiger partial charge in [-0.1, -0.05) is 0 Å². The predicted octanol–water partition coefficient (Wildman–Crippen LogP) is -3.73. The zero-order valence-corrected chi connectivity index (χ0v) is 14.7. The molecule has 0 fully saturated rings. The number of aliphatic hydroxyl groups excluding tert-OH is 1. The third kappa shape index (κ3) is 8.13. The summed E-state index contributed by atoms with van der Waals surface area (Å²) in [6.07, 6.45) is -2.23. The summed E-state index contributed by atoms with van der Waals surface area (Å²) in [5, 5.41) is 33.6. The van der Waals surface area contributed by atoms with E-state index in [1.165, 1.54) is 6.92 Å². The summed E-state index contributed by atoms with van der Waals surface area (Å²) in [5.74, 6) is -5.98. The minimum absolute atomic E-state index is 0.266. The lowest BCUT2D eigenvalue weighted by Gasteiger charge is -2.24. The maximum Gasteiger partial charge on any atom is 0.327 e. The number of thiol groups is 1. The molecule has 8 N–H and O–H groups in total. The molecule has 0 rings (SSSR count). The van der Waals surface area contributed by atoms with Crippen LogP contribution in [0, 0.1) is 0 Å². The number of nitrogens with one attached hydrogen (secondary N) is 3. The number of aliphatic carboxylic acids is 2. The fraction of sp³-hybridized carbons (Fsp3) is 0.615. The molecule has 0 saturated carbocycles. The smallest absolute Gasteiger partial charge is 0.327 e. The van der Waals surface area contributed by atoms with Crippen LogP contribution in [0.5, 0.6) is 0 Å². The van der Waals surface area contributed by atoms with E-state index in [0.29, 0.717) is 0 Å². The predicted molar refractivity (Wildman–Crippen MR) is 90.3 cm³/mol. The Bertz CT molecular complexity index is 556. The first kappa shape index (κ1) is 23.6. The molecule has 0 aromatic carbocycles. The van der Waals surface area contributed by atoms with Gasteiger partial charge in [0.2, 0.25) is 17.7 Å². The van der Waals surface area contributed by atoms with E-state index >= 15 is 0 Å². The number of carboxylic acid groups (broad SMARTS) is 2. The molecule has 0 aliphatic rings. The number of aliphatic hydroxyl groups is 1. The number of nitrogens with two attached hydrogens (primary N) is 1. The highest BCUT2D eigenvalue weighted by molar-refractivity contribution is 7.80. The van der Waals surface area contributed by atoms with Crippen LogP contribution in [0.25, 0.3) is 0 Å². The molecule has 0 saturated heterocycles. The van der Waals surface area contributed by atoms with Crippen molar-refractivity contribution in [2.24, 2.45) is 5.73 Å².